The van der Waals surface area contributed by atoms with Gasteiger partial charge in [-0.15, -0.1) is 0 Å². The Labute approximate surface area is 122 Å². The monoisotopic (exact) mass is 316 g/mol. The first kappa shape index (κ1) is 15.8. The lowest BCUT2D eigenvalue weighted by Gasteiger charge is -2.31. The number of ether oxygens (including phenoxy) is 1. The van der Waals surface area contributed by atoms with Gasteiger partial charge in [-0.3, -0.25) is 10.1 Å². The van der Waals surface area contributed by atoms with E-state index in [1.54, 1.807) is 0 Å². The highest BCUT2D eigenvalue weighted by Gasteiger charge is 2.36. The van der Waals surface area contributed by atoms with Crippen molar-refractivity contribution in [1.82, 2.24) is 4.31 Å². The molecule has 1 aromatic rings. The molecule has 1 atom stereocenters. The Morgan fingerprint density at radius 1 is 1.52 bits per heavy atom. The number of benzene rings is 1. The second-order valence-corrected chi connectivity index (χ2v) is 6.59. The zero-order valence-corrected chi connectivity index (χ0v) is 12.2. The van der Waals surface area contributed by atoms with E-state index in [4.69, 9.17) is 9.84 Å². The van der Waals surface area contributed by atoms with Crippen LogP contribution < -0.4 is 0 Å². The van der Waals surface area contributed by atoms with Crippen LogP contribution in [0.5, 0.6) is 0 Å². The first-order valence-corrected chi connectivity index (χ1v) is 7.78. The summed E-state index contributed by atoms with van der Waals surface area (Å²) in [6, 6.07) is 4.13. The van der Waals surface area contributed by atoms with E-state index in [1.165, 1.54) is 25.1 Å². The Kier molecular flexibility index (Phi) is 4.57. The van der Waals surface area contributed by atoms with Crippen LogP contribution in [0.2, 0.25) is 0 Å². The van der Waals surface area contributed by atoms with Crippen LogP contribution >= 0.6 is 0 Å². The van der Waals surface area contributed by atoms with Crippen LogP contribution in [0.3, 0.4) is 0 Å². The summed E-state index contributed by atoms with van der Waals surface area (Å²) in [5.41, 5.74) is -0.127. The van der Waals surface area contributed by atoms with Crippen LogP contribution in [0, 0.1) is 17.0 Å². The van der Waals surface area contributed by atoms with Gasteiger partial charge in [0, 0.05) is 19.2 Å². The van der Waals surface area contributed by atoms with Gasteiger partial charge in [-0.2, -0.15) is 4.31 Å². The van der Waals surface area contributed by atoms with Crippen molar-refractivity contribution < 1.29 is 23.2 Å². The smallest absolute Gasteiger partial charge is 0.289 e. The molecule has 0 amide bonds. The number of morpholine rings is 1. The van der Waals surface area contributed by atoms with E-state index in [0.717, 1.165) is 4.31 Å². The minimum atomic E-state index is -4.01. The Balaban J connectivity index is 2.47. The summed E-state index contributed by atoms with van der Waals surface area (Å²) in [4.78, 5) is 10.1. The zero-order valence-electron chi connectivity index (χ0n) is 11.4. The summed E-state index contributed by atoms with van der Waals surface area (Å²) in [5, 5.41) is 20.2. The highest BCUT2D eigenvalue weighted by Crippen LogP contribution is 2.30. The van der Waals surface area contributed by atoms with Crippen molar-refractivity contribution in [3.8, 4) is 0 Å². The van der Waals surface area contributed by atoms with E-state index >= 15 is 0 Å². The van der Waals surface area contributed by atoms with Crippen molar-refractivity contribution in [2.75, 3.05) is 26.3 Å². The number of aliphatic hydroxyl groups is 1. The van der Waals surface area contributed by atoms with Gasteiger partial charge in [0.05, 0.1) is 24.2 Å². The molecule has 21 heavy (non-hydrogen) atoms. The SMILES string of the molecule is Cc1cccc([N+](=O)[O-])c1S(=O)(=O)N1CCOC(CO)C1. The van der Waals surface area contributed by atoms with E-state index in [1.807, 2.05) is 0 Å². The minimum Gasteiger partial charge on any atom is -0.394 e. The summed E-state index contributed by atoms with van der Waals surface area (Å²) < 4.78 is 31.7. The molecule has 0 spiro atoms. The summed E-state index contributed by atoms with van der Waals surface area (Å²) >= 11 is 0. The average molecular weight is 316 g/mol. The molecular weight excluding hydrogens is 300 g/mol. The molecule has 1 N–H and O–H groups in total. The van der Waals surface area contributed by atoms with Crippen molar-refractivity contribution in [2.45, 2.75) is 17.9 Å². The molecule has 0 bridgehead atoms. The standard InChI is InChI=1S/C12H16N2O6S/c1-9-3-2-4-11(14(16)17)12(9)21(18,19)13-5-6-20-10(7-13)8-15/h2-4,10,15H,5-8H2,1H3. The maximum Gasteiger partial charge on any atom is 0.289 e. The number of sulfonamides is 1. The molecule has 8 nitrogen and oxygen atoms in total. The lowest BCUT2D eigenvalue weighted by atomic mass is 10.2. The summed E-state index contributed by atoms with van der Waals surface area (Å²) in [5.74, 6) is 0. The maximum atomic E-state index is 12.7. The zero-order chi connectivity index (χ0) is 15.6. The molecule has 1 aromatic carbocycles. The van der Waals surface area contributed by atoms with Gasteiger partial charge in [0.2, 0.25) is 10.0 Å². The number of aliphatic hydroxyl groups excluding tert-OH is 1. The molecule has 1 aliphatic rings. The van der Waals surface area contributed by atoms with Crippen LogP contribution in [-0.4, -0.2) is 55.2 Å². The number of aryl methyl sites for hydroxylation is 1. The Hall–Kier alpha value is -1.55. The van der Waals surface area contributed by atoms with E-state index in [0.29, 0.717) is 5.56 Å². The summed E-state index contributed by atoms with van der Waals surface area (Å²) in [6.07, 6.45) is -0.614. The number of hydrogen-bond donors (Lipinski definition) is 1. The molecule has 9 heteroatoms. The quantitative estimate of drug-likeness (QED) is 0.631. The van der Waals surface area contributed by atoms with E-state index < -0.39 is 26.7 Å². The molecular formula is C12H16N2O6S. The third kappa shape index (κ3) is 3.05. The van der Waals surface area contributed by atoms with Crippen LogP contribution in [0.15, 0.2) is 23.1 Å². The average Bonchev–Trinajstić information content (AvgIpc) is 2.46. The molecule has 116 valence electrons. The van der Waals surface area contributed by atoms with Crippen molar-refractivity contribution >= 4 is 15.7 Å². The van der Waals surface area contributed by atoms with Crippen LogP contribution in [0.4, 0.5) is 5.69 Å². The molecule has 2 rings (SSSR count). The van der Waals surface area contributed by atoms with Gasteiger partial charge < -0.3 is 9.84 Å². The summed E-state index contributed by atoms with van der Waals surface area (Å²) in [7, 11) is -4.01. The third-order valence-electron chi connectivity index (χ3n) is 3.29. The van der Waals surface area contributed by atoms with Gasteiger partial charge in [-0.1, -0.05) is 12.1 Å². The van der Waals surface area contributed by atoms with Gasteiger partial charge in [0.1, 0.15) is 0 Å². The highest BCUT2D eigenvalue weighted by atomic mass is 32.2. The number of nitro groups is 1. The molecule has 1 fully saturated rings. The van der Waals surface area contributed by atoms with Gasteiger partial charge in [0.15, 0.2) is 4.90 Å². The predicted molar refractivity (Wildman–Crippen MR) is 73.4 cm³/mol. The fourth-order valence-electron chi connectivity index (χ4n) is 2.27. The van der Waals surface area contributed by atoms with Crippen molar-refractivity contribution in [3.63, 3.8) is 0 Å². The maximum absolute atomic E-state index is 12.7. The van der Waals surface area contributed by atoms with Gasteiger partial charge in [-0.05, 0) is 12.5 Å². The Morgan fingerprint density at radius 2 is 2.24 bits per heavy atom. The molecule has 1 aliphatic heterocycles. The van der Waals surface area contributed by atoms with Gasteiger partial charge >= 0.3 is 0 Å². The molecule has 0 aromatic heterocycles. The second-order valence-electron chi connectivity index (χ2n) is 4.72. The molecule has 0 aliphatic carbocycles. The topological polar surface area (TPSA) is 110 Å². The van der Waals surface area contributed by atoms with Crippen molar-refractivity contribution in [2.24, 2.45) is 0 Å². The molecule has 0 radical (unpaired) electrons. The number of nitrogens with zero attached hydrogens (tertiary/aromatic N) is 2. The highest BCUT2D eigenvalue weighted by molar-refractivity contribution is 7.89. The van der Waals surface area contributed by atoms with Gasteiger partial charge in [-0.25, -0.2) is 8.42 Å². The van der Waals surface area contributed by atoms with Gasteiger partial charge in [0.25, 0.3) is 5.69 Å². The summed E-state index contributed by atoms with van der Waals surface area (Å²) in [6.45, 7) is 1.44. The fourth-order valence-corrected chi connectivity index (χ4v) is 4.08. The molecule has 1 heterocycles. The largest absolute Gasteiger partial charge is 0.394 e. The minimum absolute atomic E-state index is 0.0235. The second kappa shape index (κ2) is 6.06. The number of rotatable bonds is 4. The Bertz CT molecular complexity index is 645. The first-order valence-electron chi connectivity index (χ1n) is 6.34. The fraction of sp³-hybridized carbons (Fsp3) is 0.500. The van der Waals surface area contributed by atoms with E-state index in [9.17, 15) is 18.5 Å². The van der Waals surface area contributed by atoms with E-state index in [-0.39, 0.29) is 31.2 Å². The van der Waals surface area contributed by atoms with Crippen LogP contribution in [-0.2, 0) is 14.8 Å². The van der Waals surface area contributed by atoms with E-state index in [2.05, 4.69) is 0 Å². The van der Waals surface area contributed by atoms with Crippen molar-refractivity contribution in [1.29, 1.82) is 0 Å². The molecule has 1 saturated heterocycles. The van der Waals surface area contributed by atoms with Crippen LogP contribution in [0.1, 0.15) is 5.56 Å². The molecule has 1 unspecified atom stereocenters. The lowest BCUT2D eigenvalue weighted by Crippen LogP contribution is -2.47. The van der Waals surface area contributed by atoms with Crippen LogP contribution in [0.25, 0.3) is 0 Å². The number of hydrogen-bond acceptors (Lipinski definition) is 6. The lowest BCUT2D eigenvalue weighted by molar-refractivity contribution is -0.387. The molecule has 0 saturated carbocycles. The third-order valence-corrected chi connectivity index (χ3v) is 5.35. The first-order chi connectivity index (χ1) is 9.87. The Morgan fingerprint density at radius 3 is 2.86 bits per heavy atom. The predicted octanol–water partition coefficient (Wildman–Crippen LogP) is 0.285. The number of nitro benzene ring substituents is 1. The normalized spacial score (nSPS) is 20.4. The van der Waals surface area contributed by atoms with Crippen molar-refractivity contribution in [3.05, 3.63) is 33.9 Å².